The first-order chi connectivity index (χ1) is 8.91. The second kappa shape index (κ2) is 4.81. The zero-order chi connectivity index (χ0) is 14.0. The van der Waals surface area contributed by atoms with Crippen LogP contribution < -0.4 is 0 Å². The predicted octanol–water partition coefficient (Wildman–Crippen LogP) is 2.36. The number of halogens is 1. The number of benzene rings is 2. The second-order valence-electron chi connectivity index (χ2n) is 3.79. The highest BCUT2D eigenvalue weighted by Crippen LogP contribution is 2.21. The molecule has 0 spiro atoms. The van der Waals surface area contributed by atoms with Crippen LogP contribution in [-0.4, -0.2) is 19.5 Å². The van der Waals surface area contributed by atoms with Crippen molar-refractivity contribution in [3.8, 4) is 0 Å². The highest BCUT2D eigenvalue weighted by atomic mass is 32.2. The highest BCUT2D eigenvalue weighted by Gasteiger charge is 2.18. The highest BCUT2D eigenvalue weighted by molar-refractivity contribution is 7.91. The van der Waals surface area contributed by atoms with Crippen LogP contribution in [-0.2, 0) is 9.84 Å². The maximum absolute atomic E-state index is 13.0. The van der Waals surface area contributed by atoms with Gasteiger partial charge in [0.05, 0.1) is 15.4 Å². The number of rotatable bonds is 3. The molecule has 0 amide bonds. The third kappa shape index (κ3) is 2.63. The van der Waals surface area contributed by atoms with E-state index >= 15 is 0 Å². The van der Waals surface area contributed by atoms with Crippen molar-refractivity contribution < 1.29 is 22.7 Å². The summed E-state index contributed by atoms with van der Waals surface area (Å²) in [6.45, 7) is 0. The fourth-order valence-corrected chi connectivity index (χ4v) is 2.84. The molecule has 0 saturated carbocycles. The van der Waals surface area contributed by atoms with Crippen molar-refractivity contribution in [2.75, 3.05) is 0 Å². The molecule has 4 nitrogen and oxygen atoms in total. The molecule has 0 atom stereocenters. The Bertz CT molecular complexity index is 721. The van der Waals surface area contributed by atoms with E-state index in [4.69, 9.17) is 5.11 Å². The van der Waals surface area contributed by atoms with E-state index < -0.39 is 21.6 Å². The first-order valence-corrected chi connectivity index (χ1v) is 6.73. The van der Waals surface area contributed by atoms with E-state index in [1.165, 1.54) is 36.4 Å². The molecule has 2 rings (SSSR count). The Morgan fingerprint density at radius 2 is 1.63 bits per heavy atom. The lowest BCUT2D eigenvalue weighted by Gasteiger charge is -2.05. The molecule has 0 aliphatic carbocycles. The minimum Gasteiger partial charge on any atom is -0.478 e. The van der Waals surface area contributed by atoms with Crippen LogP contribution in [0.5, 0.6) is 0 Å². The van der Waals surface area contributed by atoms with Gasteiger partial charge in [0.1, 0.15) is 5.82 Å². The van der Waals surface area contributed by atoms with Gasteiger partial charge in [-0.3, -0.25) is 0 Å². The van der Waals surface area contributed by atoms with Gasteiger partial charge in [-0.15, -0.1) is 0 Å². The number of carboxylic acid groups (broad SMARTS) is 1. The summed E-state index contributed by atoms with van der Waals surface area (Å²) in [5, 5.41) is 8.73. The van der Waals surface area contributed by atoms with Crippen molar-refractivity contribution in [1.82, 2.24) is 0 Å². The first kappa shape index (κ1) is 13.2. The molecule has 0 radical (unpaired) electrons. The molecule has 0 saturated heterocycles. The van der Waals surface area contributed by atoms with Gasteiger partial charge in [-0.2, -0.15) is 0 Å². The van der Waals surface area contributed by atoms with Gasteiger partial charge in [0, 0.05) is 0 Å². The first-order valence-electron chi connectivity index (χ1n) is 5.25. The topological polar surface area (TPSA) is 71.4 Å². The third-order valence-electron chi connectivity index (χ3n) is 2.52. The summed E-state index contributed by atoms with van der Waals surface area (Å²) < 4.78 is 37.3. The number of carboxylic acids is 1. The standard InChI is InChI=1S/C13H9FO4S/c14-10-2-1-3-12(8-10)19(17,18)11-6-4-9(5-7-11)13(15)16/h1-8H,(H,15,16). The zero-order valence-corrected chi connectivity index (χ0v) is 10.4. The molecule has 2 aromatic carbocycles. The Morgan fingerprint density at radius 3 is 2.16 bits per heavy atom. The van der Waals surface area contributed by atoms with Crippen LogP contribution >= 0.6 is 0 Å². The summed E-state index contributed by atoms with van der Waals surface area (Å²) in [7, 11) is -3.84. The van der Waals surface area contributed by atoms with Gasteiger partial charge in [-0.25, -0.2) is 17.6 Å². The van der Waals surface area contributed by atoms with Gasteiger partial charge in [0.15, 0.2) is 0 Å². The van der Waals surface area contributed by atoms with Crippen LogP contribution in [0.15, 0.2) is 58.3 Å². The summed E-state index contributed by atoms with van der Waals surface area (Å²) >= 11 is 0. The molecule has 19 heavy (non-hydrogen) atoms. The molecule has 0 aliphatic heterocycles. The Morgan fingerprint density at radius 1 is 1.00 bits per heavy atom. The third-order valence-corrected chi connectivity index (χ3v) is 4.29. The normalized spacial score (nSPS) is 11.2. The van der Waals surface area contributed by atoms with Gasteiger partial charge in [-0.1, -0.05) is 6.07 Å². The smallest absolute Gasteiger partial charge is 0.335 e. The molecule has 0 aromatic heterocycles. The summed E-state index contributed by atoms with van der Waals surface area (Å²) in [5.41, 5.74) is -0.0156. The van der Waals surface area contributed by atoms with E-state index in [-0.39, 0.29) is 15.4 Å². The van der Waals surface area contributed by atoms with E-state index in [1.54, 1.807) is 0 Å². The maximum Gasteiger partial charge on any atom is 0.335 e. The lowest BCUT2D eigenvalue weighted by atomic mass is 10.2. The molecule has 98 valence electrons. The molecule has 2 aromatic rings. The number of hydrogen-bond acceptors (Lipinski definition) is 3. The molecule has 0 bridgehead atoms. The Hall–Kier alpha value is -2.21. The molecule has 0 aliphatic rings. The minimum absolute atomic E-state index is 0.0156. The van der Waals surface area contributed by atoms with E-state index in [0.717, 1.165) is 12.1 Å². The van der Waals surface area contributed by atoms with Crippen LogP contribution in [0.3, 0.4) is 0 Å². The van der Waals surface area contributed by atoms with Gasteiger partial charge in [-0.05, 0) is 42.5 Å². The summed E-state index contributed by atoms with van der Waals surface area (Å²) in [5.74, 6) is -1.79. The molecule has 0 heterocycles. The molecule has 0 fully saturated rings. The van der Waals surface area contributed by atoms with Crippen molar-refractivity contribution in [3.05, 3.63) is 59.9 Å². The van der Waals surface area contributed by atoms with Crippen LogP contribution in [0.25, 0.3) is 0 Å². The lowest BCUT2D eigenvalue weighted by Crippen LogP contribution is -2.03. The van der Waals surface area contributed by atoms with Crippen molar-refractivity contribution in [3.63, 3.8) is 0 Å². The van der Waals surface area contributed by atoms with Crippen LogP contribution in [0, 0.1) is 5.82 Å². The Labute approximate surface area is 109 Å². The Balaban J connectivity index is 2.48. The van der Waals surface area contributed by atoms with E-state index in [1.807, 2.05) is 0 Å². The number of carbonyl (C=O) groups is 1. The molecule has 0 unspecified atom stereocenters. The Kier molecular flexibility index (Phi) is 3.35. The van der Waals surface area contributed by atoms with Crippen LogP contribution in [0.1, 0.15) is 10.4 Å². The predicted molar refractivity (Wildman–Crippen MR) is 65.3 cm³/mol. The molecule has 1 N–H and O–H groups in total. The second-order valence-corrected chi connectivity index (χ2v) is 5.74. The zero-order valence-electron chi connectivity index (χ0n) is 9.58. The number of hydrogen-bond donors (Lipinski definition) is 1. The largest absolute Gasteiger partial charge is 0.478 e. The monoisotopic (exact) mass is 280 g/mol. The maximum atomic E-state index is 13.0. The van der Waals surface area contributed by atoms with Gasteiger partial charge in [0.25, 0.3) is 0 Å². The van der Waals surface area contributed by atoms with Gasteiger partial charge < -0.3 is 5.11 Å². The molecular weight excluding hydrogens is 271 g/mol. The van der Waals surface area contributed by atoms with E-state index in [2.05, 4.69) is 0 Å². The molecular formula is C13H9FO4S. The number of aromatic carboxylic acids is 1. The van der Waals surface area contributed by atoms with E-state index in [0.29, 0.717) is 0 Å². The van der Waals surface area contributed by atoms with Gasteiger partial charge in [0.2, 0.25) is 9.84 Å². The summed E-state index contributed by atoms with van der Waals surface area (Å²) in [4.78, 5) is 10.4. The van der Waals surface area contributed by atoms with Crippen LogP contribution in [0.2, 0.25) is 0 Å². The fraction of sp³-hybridized carbons (Fsp3) is 0. The summed E-state index contributed by atoms with van der Waals surface area (Å²) in [6.07, 6.45) is 0. The van der Waals surface area contributed by atoms with Crippen molar-refractivity contribution in [1.29, 1.82) is 0 Å². The number of sulfone groups is 1. The van der Waals surface area contributed by atoms with Gasteiger partial charge >= 0.3 is 5.97 Å². The minimum atomic E-state index is -3.84. The summed E-state index contributed by atoms with van der Waals surface area (Å²) in [6, 6.07) is 9.39. The van der Waals surface area contributed by atoms with Crippen molar-refractivity contribution in [2.45, 2.75) is 9.79 Å². The molecule has 6 heteroatoms. The lowest BCUT2D eigenvalue weighted by molar-refractivity contribution is 0.0696. The average molecular weight is 280 g/mol. The van der Waals surface area contributed by atoms with E-state index in [9.17, 15) is 17.6 Å². The quantitative estimate of drug-likeness (QED) is 0.936. The fourth-order valence-electron chi connectivity index (χ4n) is 1.55. The average Bonchev–Trinajstić information content (AvgIpc) is 2.39. The van der Waals surface area contributed by atoms with Crippen molar-refractivity contribution in [2.24, 2.45) is 0 Å². The van der Waals surface area contributed by atoms with Crippen LogP contribution in [0.4, 0.5) is 4.39 Å². The SMILES string of the molecule is O=C(O)c1ccc(S(=O)(=O)c2cccc(F)c2)cc1. The van der Waals surface area contributed by atoms with Crippen molar-refractivity contribution >= 4 is 15.8 Å².